The Hall–Kier alpha value is -0.790. The Bertz CT molecular complexity index is 590. The molecule has 0 aromatic carbocycles. The van der Waals surface area contributed by atoms with Gasteiger partial charge >= 0.3 is 0 Å². The molecule has 224 valence electrons. The van der Waals surface area contributed by atoms with E-state index >= 15 is 0 Å². The van der Waals surface area contributed by atoms with Crippen LogP contribution >= 0.6 is 0 Å². The predicted octanol–water partition coefficient (Wildman–Crippen LogP) is 11.9. The smallest absolute Gasteiger partial charge is 0.234 e. The lowest BCUT2D eigenvalue weighted by atomic mass is 10.0. The Kier molecular flexibility index (Phi) is 25.7. The molecule has 0 aliphatic carbocycles. The highest BCUT2D eigenvalue weighted by atomic mass is 15.1. The molecule has 1 heterocycles. The van der Waals surface area contributed by atoms with Crippen LogP contribution in [0.5, 0.6) is 0 Å². The van der Waals surface area contributed by atoms with Gasteiger partial charge in [0.25, 0.3) is 5.82 Å². The fourth-order valence-electron chi connectivity index (χ4n) is 5.95. The fraction of sp³-hybridized carbons (Fsp3) is 0.917. The van der Waals surface area contributed by atoms with Crippen LogP contribution in [0.3, 0.4) is 0 Å². The van der Waals surface area contributed by atoms with E-state index in [0.717, 1.165) is 0 Å². The van der Waals surface area contributed by atoms with Crippen molar-refractivity contribution in [3.8, 4) is 0 Å². The van der Waals surface area contributed by atoms with Crippen molar-refractivity contribution in [1.29, 1.82) is 0 Å². The molecule has 1 aromatic heterocycles. The van der Waals surface area contributed by atoms with Crippen LogP contribution in [-0.4, -0.2) is 4.57 Å². The first-order valence-electron chi connectivity index (χ1n) is 17.9. The van der Waals surface area contributed by atoms with Crippen LogP contribution in [0.15, 0.2) is 12.4 Å². The number of hydrogen-bond donors (Lipinski definition) is 0. The molecule has 0 bridgehead atoms. The van der Waals surface area contributed by atoms with E-state index in [1.54, 1.807) is 5.82 Å². The fourth-order valence-corrected chi connectivity index (χ4v) is 5.95. The number of rotatable bonds is 30. The van der Waals surface area contributed by atoms with Crippen LogP contribution < -0.4 is 4.57 Å². The van der Waals surface area contributed by atoms with Crippen molar-refractivity contribution >= 4 is 0 Å². The molecule has 0 aliphatic heterocycles. The van der Waals surface area contributed by atoms with Crippen LogP contribution in [-0.2, 0) is 19.5 Å². The minimum Gasteiger partial charge on any atom is -0.234 e. The van der Waals surface area contributed by atoms with Gasteiger partial charge in [-0.2, -0.15) is 0 Å². The Morgan fingerprint density at radius 1 is 0.447 bits per heavy atom. The summed E-state index contributed by atoms with van der Waals surface area (Å²) >= 11 is 0. The first-order valence-corrected chi connectivity index (χ1v) is 17.9. The summed E-state index contributed by atoms with van der Waals surface area (Å²) in [6.07, 6.45) is 44.5. The normalized spacial score (nSPS) is 11.6. The second kappa shape index (κ2) is 27.8. The maximum atomic E-state index is 2.59. The van der Waals surface area contributed by atoms with Gasteiger partial charge in [0, 0.05) is 6.42 Å². The van der Waals surface area contributed by atoms with Crippen molar-refractivity contribution < 1.29 is 4.57 Å². The van der Waals surface area contributed by atoms with Crippen molar-refractivity contribution in [3.63, 3.8) is 0 Å². The third kappa shape index (κ3) is 20.2. The summed E-state index contributed by atoms with van der Waals surface area (Å²) in [7, 11) is 0. The maximum absolute atomic E-state index is 2.59. The highest BCUT2D eigenvalue weighted by molar-refractivity contribution is 4.84. The van der Waals surface area contributed by atoms with Crippen molar-refractivity contribution in [2.24, 2.45) is 0 Å². The summed E-state index contributed by atoms with van der Waals surface area (Å²) in [4.78, 5) is 0. The summed E-state index contributed by atoms with van der Waals surface area (Å²) in [6, 6.07) is 0. The largest absolute Gasteiger partial charge is 0.256 e. The van der Waals surface area contributed by atoms with E-state index in [-0.39, 0.29) is 0 Å². The van der Waals surface area contributed by atoms with Gasteiger partial charge in [0.05, 0.1) is 13.1 Å². The molecular weight excluding hydrogens is 460 g/mol. The van der Waals surface area contributed by atoms with Crippen molar-refractivity contribution in [1.82, 2.24) is 4.57 Å². The van der Waals surface area contributed by atoms with Crippen LogP contribution in [0.25, 0.3) is 0 Å². The van der Waals surface area contributed by atoms with E-state index in [9.17, 15) is 0 Å². The molecule has 38 heavy (non-hydrogen) atoms. The average molecular weight is 532 g/mol. The standard InChI is InChI=1S/C36H71N2/c1-4-7-10-12-14-16-18-19-20-22-24-26-28-30-33-38-35-34-37(36(38)31-9-6-3)32-29-27-25-23-21-17-15-13-11-8-5-2/h34-35H,4-33H2,1-3H3/q+1. The van der Waals surface area contributed by atoms with Gasteiger partial charge in [-0.1, -0.05) is 162 Å². The minimum absolute atomic E-state index is 1.22. The Morgan fingerprint density at radius 3 is 1.24 bits per heavy atom. The van der Waals surface area contributed by atoms with Crippen LogP contribution in [0.1, 0.15) is 200 Å². The lowest BCUT2D eigenvalue weighted by Gasteiger charge is -2.06. The monoisotopic (exact) mass is 532 g/mol. The molecule has 0 saturated heterocycles. The first-order chi connectivity index (χ1) is 18.8. The predicted molar refractivity (Wildman–Crippen MR) is 170 cm³/mol. The summed E-state index contributed by atoms with van der Waals surface area (Å²) < 4.78 is 5.18. The second-order valence-corrected chi connectivity index (χ2v) is 12.3. The number of aryl methyl sites for hydroxylation is 2. The number of unbranched alkanes of at least 4 members (excludes halogenated alkanes) is 24. The third-order valence-electron chi connectivity index (χ3n) is 8.60. The van der Waals surface area contributed by atoms with Crippen LogP contribution in [0.4, 0.5) is 0 Å². The summed E-state index contributed by atoms with van der Waals surface area (Å²) in [6.45, 7) is 9.39. The molecule has 0 aliphatic rings. The molecule has 0 fully saturated rings. The maximum Gasteiger partial charge on any atom is 0.256 e. The van der Waals surface area contributed by atoms with E-state index in [1.165, 1.54) is 193 Å². The number of hydrogen-bond acceptors (Lipinski definition) is 0. The molecule has 2 heteroatoms. The van der Waals surface area contributed by atoms with Gasteiger partial charge in [0.2, 0.25) is 0 Å². The summed E-state index contributed by atoms with van der Waals surface area (Å²) in [5.74, 6) is 1.59. The molecule has 1 aromatic rings. The van der Waals surface area contributed by atoms with Crippen molar-refractivity contribution in [2.45, 2.75) is 214 Å². The Balaban J connectivity index is 2.09. The highest BCUT2D eigenvalue weighted by Crippen LogP contribution is 2.14. The Morgan fingerprint density at radius 2 is 0.816 bits per heavy atom. The van der Waals surface area contributed by atoms with Crippen LogP contribution in [0, 0.1) is 0 Å². The number of nitrogens with zero attached hydrogens (tertiary/aromatic N) is 2. The molecule has 0 saturated carbocycles. The van der Waals surface area contributed by atoms with E-state index in [1.807, 2.05) is 0 Å². The van der Waals surface area contributed by atoms with E-state index in [2.05, 4.69) is 42.3 Å². The Labute approximate surface area is 240 Å². The van der Waals surface area contributed by atoms with Gasteiger partial charge in [-0.3, -0.25) is 0 Å². The molecule has 0 amide bonds. The summed E-state index contributed by atoms with van der Waals surface area (Å²) in [5.41, 5.74) is 0. The van der Waals surface area contributed by atoms with Crippen molar-refractivity contribution in [3.05, 3.63) is 18.2 Å². The van der Waals surface area contributed by atoms with Gasteiger partial charge in [-0.05, 0) is 32.1 Å². The zero-order valence-electron chi connectivity index (χ0n) is 26.8. The van der Waals surface area contributed by atoms with Crippen LogP contribution in [0.2, 0.25) is 0 Å². The van der Waals surface area contributed by atoms with E-state index in [4.69, 9.17) is 0 Å². The first kappa shape index (κ1) is 35.2. The SMILES string of the molecule is CCCCCCCCCCCCCCCCn1cc[n+](CCCCCCCCCCCCC)c1CCCC. The van der Waals surface area contributed by atoms with Gasteiger partial charge < -0.3 is 0 Å². The summed E-state index contributed by atoms with van der Waals surface area (Å²) in [5, 5.41) is 0. The van der Waals surface area contributed by atoms with Gasteiger partial charge in [-0.25, -0.2) is 9.13 Å². The zero-order chi connectivity index (χ0) is 27.4. The lowest BCUT2D eigenvalue weighted by Crippen LogP contribution is -2.37. The third-order valence-corrected chi connectivity index (χ3v) is 8.60. The molecule has 1 rings (SSSR count). The number of aromatic nitrogens is 2. The van der Waals surface area contributed by atoms with Gasteiger partial charge in [0.1, 0.15) is 12.4 Å². The van der Waals surface area contributed by atoms with Gasteiger partial charge in [-0.15, -0.1) is 0 Å². The van der Waals surface area contributed by atoms with E-state index in [0.29, 0.717) is 0 Å². The van der Waals surface area contributed by atoms with Crippen molar-refractivity contribution in [2.75, 3.05) is 0 Å². The second-order valence-electron chi connectivity index (χ2n) is 12.3. The average Bonchev–Trinajstić information content (AvgIpc) is 3.31. The highest BCUT2D eigenvalue weighted by Gasteiger charge is 2.16. The minimum atomic E-state index is 1.22. The molecule has 0 atom stereocenters. The topological polar surface area (TPSA) is 8.81 Å². The molecule has 0 spiro atoms. The van der Waals surface area contributed by atoms with Gasteiger partial charge in [0.15, 0.2) is 0 Å². The lowest BCUT2D eigenvalue weighted by molar-refractivity contribution is -0.704. The molecule has 0 N–H and O–H groups in total. The molecule has 0 radical (unpaired) electrons. The molecular formula is C36H71N2+. The molecule has 2 nitrogen and oxygen atoms in total. The quantitative estimate of drug-likeness (QED) is 0.0689. The van der Waals surface area contributed by atoms with E-state index < -0.39 is 0 Å². The zero-order valence-corrected chi connectivity index (χ0v) is 26.8. The number of imidazole rings is 1. The molecule has 0 unspecified atom stereocenters.